The zero-order valence-corrected chi connectivity index (χ0v) is 11.3. The fraction of sp³-hybridized carbons (Fsp3) is 0.333. The van der Waals surface area contributed by atoms with Crippen molar-refractivity contribution in [1.82, 2.24) is 9.36 Å². The number of methoxy groups -OCH3 is 1. The van der Waals surface area contributed by atoms with Gasteiger partial charge in [0, 0.05) is 11.8 Å². The van der Waals surface area contributed by atoms with Crippen molar-refractivity contribution in [3.05, 3.63) is 17.3 Å². The molecule has 0 aliphatic carbocycles. The van der Waals surface area contributed by atoms with Crippen molar-refractivity contribution in [3.8, 4) is 5.88 Å². The Balaban J connectivity index is 2.27. The molecular weight excluding hydrogens is 278 g/mol. The molecule has 0 spiro atoms. The molecule has 2 aromatic rings. The Morgan fingerprint density at radius 2 is 2.33 bits per heavy atom. The quantitative estimate of drug-likeness (QED) is 0.896. The molecule has 0 atom stereocenters. The third-order valence-corrected chi connectivity index (χ3v) is 4.19. The van der Waals surface area contributed by atoms with Gasteiger partial charge in [-0.15, -0.1) is 0 Å². The highest BCUT2D eigenvalue weighted by molar-refractivity contribution is 7.92. The molecule has 9 heteroatoms. The molecule has 0 unspecified atom stereocenters. The minimum absolute atomic E-state index is 0.0359. The van der Waals surface area contributed by atoms with Gasteiger partial charge in [0.1, 0.15) is 5.76 Å². The lowest BCUT2D eigenvalue weighted by molar-refractivity contribution is 0.391. The van der Waals surface area contributed by atoms with Gasteiger partial charge in [0.2, 0.25) is 5.88 Å². The lowest BCUT2D eigenvalue weighted by Gasteiger charge is -2.03. The van der Waals surface area contributed by atoms with Crippen LogP contribution in [0.15, 0.2) is 20.9 Å². The number of nitrogens with zero attached hydrogens (tertiary/aromatic N) is 2. The van der Waals surface area contributed by atoms with Crippen molar-refractivity contribution in [2.24, 2.45) is 0 Å². The van der Waals surface area contributed by atoms with E-state index >= 15 is 0 Å². The van der Waals surface area contributed by atoms with Crippen molar-refractivity contribution in [2.45, 2.75) is 18.2 Å². The number of nitrogens with one attached hydrogen (secondary N) is 1. The third-order valence-electron chi connectivity index (χ3n) is 2.11. The molecule has 2 aromatic heterocycles. The largest absolute Gasteiger partial charge is 0.479 e. The molecule has 0 aliphatic rings. The monoisotopic (exact) mass is 289 g/mol. The molecule has 7 nitrogen and oxygen atoms in total. The number of anilines is 1. The minimum Gasteiger partial charge on any atom is -0.479 e. The number of ether oxygens (including phenoxy) is 1. The molecule has 0 amide bonds. The Labute approximate surface area is 108 Å². The van der Waals surface area contributed by atoms with Crippen LogP contribution in [0.25, 0.3) is 0 Å². The number of aryl methyl sites for hydroxylation is 1. The fourth-order valence-corrected chi connectivity index (χ4v) is 3.23. The number of hydrogen-bond donors (Lipinski definition) is 1. The van der Waals surface area contributed by atoms with E-state index in [0.29, 0.717) is 12.2 Å². The normalized spacial score (nSPS) is 11.4. The number of oxazole rings is 1. The van der Waals surface area contributed by atoms with Crippen molar-refractivity contribution >= 4 is 27.6 Å². The fourth-order valence-electron chi connectivity index (χ4n) is 1.22. The zero-order chi connectivity index (χ0) is 13.2. The maximum Gasteiger partial charge on any atom is 0.309 e. The molecule has 98 valence electrons. The smallest absolute Gasteiger partial charge is 0.309 e. The molecule has 2 rings (SSSR count). The van der Waals surface area contributed by atoms with E-state index in [0.717, 1.165) is 11.5 Å². The molecule has 0 aliphatic heterocycles. The summed E-state index contributed by atoms with van der Waals surface area (Å²) in [5.41, 5.74) is 0. The second-order valence-corrected chi connectivity index (χ2v) is 5.56. The van der Waals surface area contributed by atoms with Gasteiger partial charge < -0.3 is 9.15 Å². The Kier molecular flexibility index (Phi) is 3.53. The van der Waals surface area contributed by atoms with Crippen molar-refractivity contribution in [2.75, 3.05) is 11.8 Å². The van der Waals surface area contributed by atoms with Crippen molar-refractivity contribution in [3.63, 3.8) is 0 Å². The summed E-state index contributed by atoms with van der Waals surface area (Å²) in [5.74, 6) is 0.651. The number of rotatable bonds is 5. The zero-order valence-electron chi connectivity index (χ0n) is 9.71. The summed E-state index contributed by atoms with van der Waals surface area (Å²) in [7, 11) is -2.44. The number of sulfonamides is 1. The Morgan fingerprint density at radius 3 is 2.94 bits per heavy atom. The van der Waals surface area contributed by atoms with Gasteiger partial charge in [-0.1, -0.05) is 6.92 Å². The number of aromatic nitrogens is 2. The van der Waals surface area contributed by atoms with Crippen LogP contribution in [0.1, 0.15) is 12.7 Å². The van der Waals surface area contributed by atoms with Gasteiger partial charge in [0.05, 0.1) is 13.3 Å². The highest BCUT2D eigenvalue weighted by Gasteiger charge is 2.23. The Hall–Kier alpha value is -1.61. The predicted octanol–water partition coefficient (Wildman–Crippen LogP) is 1.50. The van der Waals surface area contributed by atoms with Gasteiger partial charge in [-0.2, -0.15) is 4.37 Å². The van der Waals surface area contributed by atoms with Crippen LogP contribution in [0.4, 0.5) is 6.01 Å². The Bertz CT molecular complexity index is 632. The average molecular weight is 289 g/mol. The summed E-state index contributed by atoms with van der Waals surface area (Å²) in [5, 5.41) is 1.38. The van der Waals surface area contributed by atoms with E-state index in [1.54, 1.807) is 0 Å². The van der Waals surface area contributed by atoms with E-state index in [1.165, 1.54) is 18.7 Å². The van der Waals surface area contributed by atoms with E-state index in [1.807, 2.05) is 6.92 Å². The first-order valence-corrected chi connectivity index (χ1v) is 7.34. The van der Waals surface area contributed by atoms with Gasteiger partial charge in [-0.3, -0.25) is 0 Å². The minimum atomic E-state index is -3.79. The first-order valence-electron chi connectivity index (χ1n) is 5.02. The van der Waals surface area contributed by atoms with Gasteiger partial charge in [0.25, 0.3) is 10.0 Å². The molecule has 2 heterocycles. The van der Waals surface area contributed by atoms with Crippen LogP contribution < -0.4 is 9.46 Å². The molecule has 0 saturated heterocycles. The standard InChI is InChI=1S/C9H11N3O4S2/c1-3-6-4-10-9(16-6)12-18(13,14)7-5-17-11-8(7)15-2/h4-5H,3H2,1-2H3,(H,10,12). The van der Waals surface area contributed by atoms with E-state index in [2.05, 4.69) is 14.1 Å². The van der Waals surface area contributed by atoms with E-state index in [-0.39, 0.29) is 16.8 Å². The van der Waals surface area contributed by atoms with Gasteiger partial charge in [-0.25, -0.2) is 18.1 Å². The van der Waals surface area contributed by atoms with Crippen LogP contribution in [0.3, 0.4) is 0 Å². The second kappa shape index (κ2) is 4.94. The lowest BCUT2D eigenvalue weighted by Crippen LogP contribution is -2.13. The highest BCUT2D eigenvalue weighted by Crippen LogP contribution is 2.26. The molecular formula is C9H11N3O4S2. The van der Waals surface area contributed by atoms with Crippen LogP contribution in [0, 0.1) is 0 Å². The Morgan fingerprint density at radius 1 is 1.56 bits per heavy atom. The van der Waals surface area contributed by atoms with Gasteiger partial charge >= 0.3 is 6.01 Å². The molecule has 0 fully saturated rings. The van der Waals surface area contributed by atoms with Crippen LogP contribution in [-0.2, 0) is 16.4 Å². The van der Waals surface area contributed by atoms with Gasteiger partial charge in [0.15, 0.2) is 4.90 Å². The summed E-state index contributed by atoms with van der Waals surface area (Å²) in [6.45, 7) is 1.88. The van der Waals surface area contributed by atoms with Crippen LogP contribution in [0.2, 0.25) is 0 Å². The van der Waals surface area contributed by atoms with Crippen molar-refractivity contribution in [1.29, 1.82) is 0 Å². The van der Waals surface area contributed by atoms with Crippen LogP contribution >= 0.6 is 11.5 Å². The molecule has 0 saturated carbocycles. The summed E-state index contributed by atoms with van der Waals surface area (Å²) in [6, 6.07) is -0.0693. The molecule has 0 radical (unpaired) electrons. The van der Waals surface area contributed by atoms with Crippen LogP contribution in [-0.4, -0.2) is 24.9 Å². The third kappa shape index (κ3) is 2.46. The van der Waals surface area contributed by atoms with Gasteiger partial charge in [-0.05, 0) is 11.5 Å². The van der Waals surface area contributed by atoms with Crippen molar-refractivity contribution < 1.29 is 17.6 Å². The topological polar surface area (TPSA) is 94.3 Å². The molecule has 0 aromatic carbocycles. The van der Waals surface area contributed by atoms with Crippen LogP contribution in [0.5, 0.6) is 5.88 Å². The SMILES string of the molecule is CCc1cnc(NS(=O)(=O)c2csnc2OC)o1. The molecule has 0 bridgehead atoms. The highest BCUT2D eigenvalue weighted by atomic mass is 32.2. The van der Waals surface area contributed by atoms with E-state index in [4.69, 9.17) is 9.15 Å². The average Bonchev–Trinajstić information content (AvgIpc) is 2.96. The predicted molar refractivity (Wildman–Crippen MR) is 65.4 cm³/mol. The summed E-state index contributed by atoms with van der Waals surface area (Å²) >= 11 is 0.993. The lowest BCUT2D eigenvalue weighted by atomic mass is 10.4. The van der Waals surface area contributed by atoms with E-state index < -0.39 is 10.0 Å². The summed E-state index contributed by atoms with van der Waals surface area (Å²) in [6.07, 6.45) is 2.11. The van der Waals surface area contributed by atoms with E-state index in [9.17, 15) is 8.42 Å². The molecule has 18 heavy (non-hydrogen) atoms. The number of hydrogen-bond acceptors (Lipinski definition) is 7. The summed E-state index contributed by atoms with van der Waals surface area (Å²) < 4.78 is 40.1. The first-order chi connectivity index (χ1) is 8.56. The maximum atomic E-state index is 12.0. The first kappa shape index (κ1) is 12.8. The molecule has 1 N–H and O–H groups in total. The maximum absolute atomic E-state index is 12.0. The second-order valence-electron chi connectivity index (χ2n) is 3.28. The summed E-state index contributed by atoms with van der Waals surface area (Å²) in [4.78, 5) is 3.79.